The van der Waals surface area contributed by atoms with Gasteiger partial charge in [0.1, 0.15) is 5.75 Å². The molecule has 1 aromatic rings. The van der Waals surface area contributed by atoms with Gasteiger partial charge in [-0.3, -0.25) is 4.79 Å². The molecule has 2 N–H and O–H groups in total. The first kappa shape index (κ1) is 20.1. The molecule has 2 fully saturated rings. The third kappa shape index (κ3) is 4.68. The molecule has 5 heteroatoms. The Kier molecular flexibility index (Phi) is 7.14. The monoisotopic (exact) mass is 366 g/mol. The normalized spacial score (nSPS) is 25.0. The zero-order valence-corrected chi connectivity index (χ0v) is 16.2. The fourth-order valence-electron chi connectivity index (χ4n) is 4.34. The number of methoxy groups -OCH3 is 1. The van der Waals surface area contributed by atoms with Crippen LogP contribution in [0.1, 0.15) is 51.0 Å². The van der Waals surface area contributed by atoms with E-state index in [0.717, 1.165) is 44.5 Å². The van der Waals surface area contributed by atoms with Gasteiger partial charge >= 0.3 is 0 Å². The lowest BCUT2D eigenvalue weighted by molar-refractivity contribution is -0.126. The largest absolute Gasteiger partial charge is 0.497 e. The van der Waals surface area contributed by atoms with Gasteiger partial charge in [0.25, 0.3) is 0 Å². The van der Waals surface area contributed by atoms with E-state index in [1.165, 1.54) is 18.4 Å². The van der Waals surface area contributed by atoms with Crippen molar-refractivity contribution in [3.8, 4) is 5.75 Å². The minimum atomic E-state index is 0. The van der Waals surface area contributed by atoms with Gasteiger partial charge in [-0.05, 0) is 56.8 Å². The van der Waals surface area contributed by atoms with Gasteiger partial charge in [-0.1, -0.05) is 25.0 Å². The highest BCUT2D eigenvalue weighted by Crippen LogP contribution is 2.41. The smallest absolute Gasteiger partial charge is 0.223 e. The second-order valence-corrected chi connectivity index (χ2v) is 7.51. The van der Waals surface area contributed by atoms with Crippen LogP contribution < -0.4 is 15.4 Å². The summed E-state index contributed by atoms with van der Waals surface area (Å²) < 4.78 is 5.40. The molecule has 1 saturated heterocycles. The Bertz CT molecular complexity index is 573. The Morgan fingerprint density at radius 2 is 2.12 bits per heavy atom. The second-order valence-electron chi connectivity index (χ2n) is 7.51. The summed E-state index contributed by atoms with van der Waals surface area (Å²) >= 11 is 0. The lowest BCUT2D eigenvalue weighted by atomic mass is 9.78. The number of benzene rings is 1. The van der Waals surface area contributed by atoms with E-state index in [2.05, 4.69) is 35.8 Å². The molecule has 0 spiro atoms. The fourth-order valence-corrected chi connectivity index (χ4v) is 4.34. The van der Waals surface area contributed by atoms with Crippen molar-refractivity contribution in [1.82, 2.24) is 10.6 Å². The van der Waals surface area contributed by atoms with Crippen molar-refractivity contribution in [2.75, 3.05) is 20.2 Å². The Morgan fingerprint density at radius 3 is 2.80 bits per heavy atom. The predicted molar refractivity (Wildman–Crippen MR) is 104 cm³/mol. The quantitative estimate of drug-likeness (QED) is 0.839. The summed E-state index contributed by atoms with van der Waals surface area (Å²) in [5.41, 5.74) is 1.38. The average molecular weight is 367 g/mol. The van der Waals surface area contributed by atoms with Crippen LogP contribution in [0.5, 0.6) is 5.75 Å². The molecule has 0 bridgehead atoms. The van der Waals surface area contributed by atoms with Crippen LogP contribution in [0.25, 0.3) is 0 Å². The summed E-state index contributed by atoms with van der Waals surface area (Å²) in [7, 11) is 1.71. The first-order chi connectivity index (χ1) is 11.6. The highest BCUT2D eigenvalue weighted by molar-refractivity contribution is 5.85. The number of hydrogen-bond acceptors (Lipinski definition) is 3. The third-order valence-electron chi connectivity index (χ3n) is 5.84. The molecule has 0 unspecified atom stereocenters. The summed E-state index contributed by atoms with van der Waals surface area (Å²) in [4.78, 5) is 12.6. The van der Waals surface area contributed by atoms with Crippen molar-refractivity contribution in [2.24, 2.45) is 5.92 Å². The molecular weight excluding hydrogens is 336 g/mol. The molecule has 140 valence electrons. The first-order valence-electron chi connectivity index (χ1n) is 9.29. The maximum Gasteiger partial charge on any atom is 0.223 e. The Morgan fingerprint density at radius 1 is 1.36 bits per heavy atom. The van der Waals surface area contributed by atoms with E-state index in [4.69, 9.17) is 4.74 Å². The summed E-state index contributed by atoms with van der Waals surface area (Å²) in [6.45, 7) is 3.85. The number of carbonyl (C=O) groups is 1. The molecule has 1 aromatic carbocycles. The minimum Gasteiger partial charge on any atom is -0.497 e. The highest BCUT2D eigenvalue weighted by atomic mass is 35.5. The van der Waals surface area contributed by atoms with Gasteiger partial charge in [0.2, 0.25) is 5.91 Å². The Balaban J connectivity index is 0.00000225. The lowest BCUT2D eigenvalue weighted by Gasteiger charge is -2.32. The van der Waals surface area contributed by atoms with Crippen molar-refractivity contribution in [3.05, 3.63) is 29.8 Å². The molecule has 2 aliphatic rings. The number of carbonyl (C=O) groups excluding carboxylic acids is 1. The van der Waals surface area contributed by atoms with Crippen LogP contribution in [0.4, 0.5) is 0 Å². The van der Waals surface area contributed by atoms with E-state index < -0.39 is 0 Å². The predicted octanol–water partition coefficient (Wildman–Crippen LogP) is 3.43. The van der Waals surface area contributed by atoms with E-state index in [1.54, 1.807) is 7.11 Å². The van der Waals surface area contributed by atoms with Crippen LogP contribution in [0.15, 0.2) is 24.3 Å². The number of rotatable bonds is 5. The minimum absolute atomic E-state index is 0. The first-order valence-corrected chi connectivity index (χ1v) is 9.29. The third-order valence-corrected chi connectivity index (χ3v) is 5.84. The zero-order chi connectivity index (χ0) is 17.0. The van der Waals surface area contributed by atoms with Crippen LogP contribution in [-0.2, 0) is 10.2 Å². The molecule has 0 radical (unpaired) electrons. The van der Waals surface area contributed by atoms with Crippen molar-refractivity contribution >= 4 is 18.3 Å². The summed E-state index contributed by atoms with van der Waals surface area (Å²) in [5, 5.41) is 6.70. The highest BCUT2D eigenvalue weighted by Gasteiger charge is 2.37. The fraction of sp³-hybridized carbons (Fsp3) is 0.650. The van der Waals surface area contributed by atoms with E-state index >= 15 is 0 Å². The number of amides is 1. The molecule has 2 atom stereocenters. The number of ether oxygens (including phenoxy) is 1. The van der Waals surface area contributed by atoms with E-state index in [-0.39, 0.29) is 29.6 Å². The van der Waals surface area contributed by atoms with E-state index in [9.17, 15) is 4.79 Å². The topological polar surface area (TPSA) is 50.4 Å². The second kappa shape index (κ2) is 8.91. The van der Waals surface area contributed by atoms with Crippen LogP contribution in [0.3, 0.4) is 0 Å². The maximum absolute atomic E-state index is 12.6. The molecule has 0 aromatic heterocycles. The van der Waals surface area contributed by atoms with Gasteiger partial charge in [-0.2, -0.15) is 0 Å². The van der Waals surface area contributed by atoms with Gasteiger partial charge in [-0.25, -0.2) is 0 Å². The van der Waals surface area contributed by atoms with Crippen molar-refractivity contribution in [3.63, 3.8) is 0 Å². The summed E-state index contributed by atoms with van der Waals surface area (Å²) in [6.07, 6.45) is 6.64. The standard InChI is InChI=1S/C20H30N2O2.ClH/c1-15-12-16(8-11-21-15)19(23)22-14-20(9-3-4-10-20)17-6-5-7-18(13-17)24-2;/h5-7,13,15-16,21H,3-4,8-12,14H2,1-2H3,(H,22,23);1H/t15-,16-;/m0./s1. The molecule has 1 amide bonds. The van der Waals surface area contributed by atoms with Gasteiger partial charge in [0, 0.05) is 23.9 Å². The summed E-state index contributed by atoms with van der Waals surface area (Å²) in [5.74, 6) is 1.29. The van der Waals surface area contributed by atoms with Crippen LogP contribution in [-0.4, -0.2) is 32.1 Å². The number of piperidine rings is 1. The van der Waals surface area contributed by atoms with Crippen molar-refractivity contribution in [1.29, 1.82) is 0 Å². The zero-order valence-electron chi connectivity index (χ0n) is 15.3. The molecule has 1 saturated carbocycles. The van der Waals surface area contributed by atoms with Gasteiger partial charge in [0.05, 0.1) is 7.11 Å². The maximum atomic E-state index is 12.6. The number of hydrogen-bond donors (Lipinski definition) is 2. The molecule has 1 heterocycles. The SMILES string of the molecule is COc1cccc(C2(CNC(=O)[C@H]3CCN[C@@H](C)C3)CCCC2)c1.Cl. The number of nitrogens with one attached hydrogen (secondary N) is 2. The van der Waals surface area contributed by atoms with E-state index in [0.29, 0.717) is 6.04 Å². The Labute approximate surface area is 157 Å². The van der Waals surface area contributed by atoms with E-state index in [1.807, 2.05) is 6.07 Å². The molecule has 1 aliphatic heterocycles. The van der Waals surface area contributed by atoms with Crippen LogP contribution in [0, 0.1) is 5.92 Å². The molecule has 1 aliphatic carbocycles. The molecule has 4 nitrogen and oxygen atoms in total. The van der Waals surface area contributed by atoms with Crippen molar-refractivity contribution < 1.29 is 9.53 Å². The summed E-state index contributed by atoms with van der Waals surface area (Å²) in [6, 6.07) is 8.82. The van der Waals surface area contributed by atoms with Crippen LogP contribution >= 0.6 is 12.4 Å². The van der Waals surface area contributed by atoms with Gasteiger partial charge in [-0.15, -0.1) is 12.4 Å². The Hall–Kier alpha value is -1.26. The van der Waals surface area contributed by atoms with Crippen LogP contribution in [0.2, 0.25) is 0 Å². The van der Waals surface area contributed by atoms with Gasteiger partial charge < -0.3 is 15.4 Å². The number of halogens is 1. The molecular formula is C20H31ClN2O2. The van der Waals surface area contributed by atoms with Gasteiger partial charge in [0.15, 0.2) is 0 Å². The lowest BCUT2D eigenvalue weighted by Crippen LogP contribution is -2.45. The molecule has 25 heavy (non-hydrogen) atoms. The van der Waals surface area contributed by atoms with Crippen molar-refractivity contribution in [2.45, 2.75) is 56.9 Å². The molecule has 3 rings (SSSR count). The average Bonchev–Trinajstić information content (AvgIpc) is 3.10.